The number of carbonyl (C=O) groups is 1. The first kappa shape index (κ1) is 10.5. The highest BCUT2D eigenvalue weighted by Gasteiger charge is 2.27. The van der Waals surface area contributed by atoms with Crippen molar-refractivity contribution in [1.82, 2.24) is 10.8 Å². The van der Waals surface area contributed by atoms with Gasteiger partial charge in [0.25, 0.3) is 0 Å². The molecular weight excluding hydrogens is 168 g/mol. The fraction of sp³-hybridized carbons (Fsp3) is 0.889. The molecule has 13 heavy (non-hydrogen) atoms. The van der Waals surface area contributed by atoms with E-state index < -0.39 is 0 Å². The highest BCUT2D eigenvalue weighted by Crippen LogP contribution is 2.18. The quantitative estimate of drug-likeness (QED) is 0.623. The largest absolute Gasteiger partial charge is 0.316 e. The van der Waals surface area contributed by atoms with Gasteiger partial charge in [-0.25, -0.2) is 5.48 Å². The van der Waals surface area contributed by atoms with Crippen LogP contribution >= 0.6 is 0 Å². The lowest BCUT2D eigenvalue weighted by atomic mass is 9.87. The molecule has 0 aromatic rings. The number of amides is 1. The van der Waals surface area contributed by atoms with Crippen LogP contribution in [0.3, 0.4) is 0 Å². The molecule has 76 valence electrons. The van der Waals surface area contributed by atoms with E-state index in [1.807, 2.05) is 6.92 Å². The molecule has 2 N–H and O–H groups in total. The van der Waals surface area contributed by atoms with Gasteiger partial charge in [0.1, 0.15) is 0 Å². The van der Waals surface area contributed by atoms with E-state index in [1.165, 1.54) is 0 Å². The molecule has 1 saturated heterocycles. The number of hydrogen-bond acceptors (Lipinski definition) is 3. The maximum atomic E-state index is 11.5. The second-order valence-electron chi connectivity index (χ2n) is 3.48. The zero-order valence-electron chi connectivity index (χ0n) is 8.30. The predicted octanol–water partition coefficient (Wildman–Crippen LogP) is 0.300. The van der Waals surface area contributed by atoms with Crippen molar-refractivity contribution >= 4 is 5.91 Å². The Morgan fingerprint density at radius 3 is 3.08 bits per heavy atom. The fourth-order valence-electron chi connectivity index (χ4n) is 1.62. The monoisotopic (exact) mass is 186 g/mol. The molecule has 1 rings (SSSR count). The summed E-state index contributed by atoms with van der Waals surface area (Å²) in [6.45, 7) is 6.30. The Kier molecular flexibility index (Phi) is 4.18. The molecule has 4 nitrogen and oxygen atoms in total. The van der Waals surface area contributed by atoms with E-state index in [1.54, 1.807) is 0 Å². The summed E-state index contributed by atoms with van der Waals surface area (Å²) in [5.41, 5.74) is 2.47. The summed E-state index contributed by atoms with van der Waals surface area (Å²) in [6.07, 6.45) is 0.903. The number of hydrogen-bond donors (Lipinski definition) is 2. The smallest absolute Gasteiger partial charge is 0.247 e. The molecule has 4 heteroatoms. The van der Waals surface area contributed by atoms with Gasteiger partial charge < -0.3 is 5.32 Å². The van der Waals surface area contributed by atoms with E-state index in [0.29, 0.717) is 12.5 Å². The van der Waals surface area contributed by atoms with Gasteiger partial charge in [-0.3, -0.25) is 9.63 Å². The average molecular weight is 186 g/mol. The summed E-state index contributed by atoms with van der Waals surface area (Å²) < 4.78 is 0. The van der Waals surface area contributed by atoms with Crippen LogP contribution in [0.25, 0.3) is 0 Å². The molecule has 1 heterocycles. The van der Waals surface area contributed by atoms with E-state index in [2.05, 4.69) is 17.7 Å². The van der Waals surface area contributed by atoms with Crippen LogP contribution in [0.5, 0.6) is 0 Å². The van der Waals surface area contributed by atoms with E-state index in [-0.39, 0.29) is 11.8 Å². The zero-order chi connectivity index (χ0) is 9.68. The lowest BCUT2D eigenvalue weighted by Crippen LogP contribution is -2.43. The van der Waals surface area contributed by atoms with Crippen LogP contribution in [0.15, 0.2) is 0 Å². The molecule has 0 spiro atoms. The summed E-state index contributed by atoms with van der Waals surface area (Å²) in [5.74, 6) is 0.526. The van der Waals surface area contributed by atoms with Gasteiger partial charge in [0.05, 0.1) is 6.61 Å². The molecular formula is C9H18N2O2. The summed E-state index contributed by atoms with van der Waals surface area (Å²) in [4.78, 5) is 16.4. The molecule has 2 atom stereocenters. The zero-order valence-corrected chi connectivity index (χ0v) is 8.30. The van der Waals surface area contributed by atoms with Gasteiger partial charge in [-0.05, 0) is 32.4 Å². The Balaban J connectivity index is 2.35. The third-order valence-electron chi connectivity index (χ3n) is 2.44. The minimum absolute atomic E-state index is 0.0239. The highest BCUT2D eigenvalue weighted by molar-refractivity contribution is 5.78. The molecule has 1 aliphatic heterocycles. The highest BCUT2D eigenvalue weighted by atomic mass is 16.6. The number of nitrogens with one attached hydrogen (secondary N) is 2. The molecule has 1 aliphatic rings. The lowest BCUT2D eigenvalue weighted by Gasteiger charge is -2.27. The van der Waals surface area contributed by atoms with Crippen molar-refractivity contribution in [2.24, 2.45) is 11.8 Å². The van der Waals surface area contributed by atoms with Crippen molar-refractivity contribution < 1.29 is 9.63 Å². The lowest BCUT2D eigenvalue weighted by molar-refractivity contribution is -0.139. The Morgan fingerprint density at radius 2 is 2.46 bits per heavy atom. The Hall–Kier alpha value is -0.610. The third kappa shape index (κ3) is 2.97. The van der Waals surface area contributed by atoms with Gasteiger partial charge in [0.2, 0.25) is 5.91 Å². The SMILES string of the molecule is CCONC(=O)C1CCNCC1C. The summed E-state index contributed by atoms with van der Waals surface area (Å²) in [5, 5.41) is 3.25. The second kappa shape index (κ2) is 5.19. The van der Waals surface area contributed by atoms with Crippen molar-refractivity contribution in [3.63, 3.8) is 0 Å². The number of rotatable bonds is 3. The van der Waals surface area contributed by atoms with Crippen LogP contribution in [0.4, 0.5) is 0 Å². The molecule has 0 bridgehead atoms. The third-order valence-corrected chi connectivity index (χ3v) is 2.44. The minimum atomic E-state index is 0.0239. The van der Waals surface area contributed by atoms with Crippen molar-refractivity contribution in [3.05, 3.63) is 0 Å². The number of piperidine rings is 1. The maximum absolute atomic E-state index is 11.5. The normalized spacial score (nSPS) is 28.5. The molecule has 0 radical (unpaired) electrons. The van der Waals surface area contributed by atoms with E-state index in [4.69, 9.17) is 4.84 Å². The van der Waals surface area contributed by atoms with Crippen LogP contribution < -0.4 is 10.8 Å². The number of hydroxylamine groups is 1. The van der Waals surface area contributed by atoms with Crippen LogP contribution in [-0.4, -0.2) is 25.6 Å². The molecule has 2 unspecified atom stereocenters. The van der Waals surface area contributed by atoms with Crippen LogP contribution in [0.1, 0.15) is 20.3 Å². The first-order chi connectivity index (χ1) is 6.25. The van der Waals surface area contributed by atoms with Gasteiger partial charge in [0, 0.05) is 5.92 Å². The van der Waals surface area contributed by atoms with E-state index in [9.17, 15) is 4.79 Å². The topological polar surface area (TPSA) is 50.4 Å². The van der Waals surface area contributed by atoms with Crippen molar-refractivity contribution in [3.8, 4) is 0 Å². The van der Waals surface area contributed by atoms with E-state index in [0.717, 1.165) is 19.5 Å². The van der Waals surface area contributed by atoms with Gasteiger partial charge >= 0.3 is 0 Å². The average Bonchev–Trinajstić information content (AvgIpc) is 2.15. The van der Waals surface area contributed by atoms with Gasteiger partial charge in [0.15, 0.2) is 0 Å². The Morgan fingerprint density at radius 1 is 1.69 bits per heavy atom. The van der Waals surface area contributed by atoms with Crippen molar-refractivity contribution in [1.29, 1.82) is 0 Å². The van der Waals surface area contributed by atoms with Gasteiger partial charge in [-0.15, -0.1) is 0 Å². The standard InChI is InChI=1S/C9H18N2O2/c1-3-13-11-9(12)8-4-5-10-6-7(8)2/h7-8,10H,3-6H2,1-2H3,(H,11,12). The molecule has 1 amide bonds. The van der Waals surface area contributed by atoms with E-state index >= 15 is 0 Å². The number of carbonyl (C=O) groups excluding carboxylic acids is 1. The van der Waals surface area contributed by atoms with Crippen LogP contribution in [0.2, 0.25) is 0 Å². The van der Waals surface area contributed by atoms with Crippen LogP contribution in [0, 0.1) is 11.8 Å². The summed E-state index contributed by atoms with van der Waals surface area (Å²) in [6, 6.07) is 0. The Labute approximate surface area is 79.0 Å². The first-order valence-electron chi connectivity index (χ1n) is 4.88. The predicted molar refractivity (Wildman–Crippen MR) is 49.9 cm³/mol. The van der Waals surface area contributed by atoms with Crippen LogP contribution in [-0.2, 0) is 9.63 Å². The molecule has 0 saturated carbocycles. The minimum Gasteiger partial charge on any atom is -0.316 e. The molecule has 1 fully saturated rings. The summed E-state index contributed by atoms with van der Waals surface area (Å²) in [7, 11) is 0. The Bertz CT molecular complexity index is 173. The first-order valence-corrected chi connectivity index (χ1v) is 4.88. The van der Waals surface area contributed by atoms with Gasteiger partial charge in [-0.1, -0.05) is 6.92 Å². The molecule has 0 aliphatic carbocycles. The van der Waals surface area contributed by atoms with Crippen molar-refractivity contribution in [2.45, 2.75) is 20.3 Å². The van der Waals surface area contributed by atoms with Gasteiger partial charge in [-0.2, -0.15) is 0 Å². The molecule has 0 aromatic heterocycles. The molecule has 0 aromatic carbocycles. The summed E-state index contributed by atoms with van der Waals surface area (Å²) >= 11 is 0. The van der Waals surface area contributed by atoms with Crippen molar-refractivity contribution in [2.75, 3.05) is 19.7 Å². The fourth-order valence-corrected chi connectivity index (χ4v) is 1.62. The maximum Gasteiger partial charge on any atom is 0.247 e. The second-order valence-corrected chi connectivity index (χ2v) is 3.48.